The number of hydrogen-bond donors (Lipinski definition) is 1. The fourth-order valence-electron chi connectivity index (χ4n) is 3.51. The van der Waals surface area contributed by atoms with Gasteiger partial charge in [0.05, 0.1) is 17.9 Å². The smallest absolute Gasteiger partial charge is 0.341 e. The highest BCUT2D eigenvalue weighted by atomic mass is 35.5. The summed E-state index contributed by atoms with van der Waals surface area (Å²) in [6, 6.07) is 12.2. The number of nitrogens with zero attached hydrogens (tertiary/aromatic N) is 1. The molecule has 2 aromatic carbocycles. The molecule has 0 radical (unpaired) electrons. The quantitative estimate of drug-likeness (QED) is 0.591. The number of halogens is 2. The van der Waals surface area contributed by atoms with E-state index in [1.807, 2.05) is 12.1 Å². The zero-order valence-electron chi connectivity index (χ0n) is 15.7. The zero-order chi connectivity index (χ0) is 20.5. The van der Waals surface area contributed by atoms with Crippen molar-refractivity contribution in [1.82, 2.24) is 9.88 Å². The summed E-state index contributed by atoms with van der Waals surface area (Å²) in [4.78, 5) is 30.6. The predicted octanol–water partition coefficient (Wildman–Crippen LogP) is 5.08. The molecule has 2 heterocycles. The van der Waals surface area contributed by atoms with E-state index >= 15 is 0 Å². The summed E-state index contributed by atoms with van der Waals surface area (Å²) < 4.78 is 5.25. The van der Waals surface area contributed by atoms with E-state index in [9.17, 15) is 9.59 Å². The first kappa shape index (κ1) is 19.6. The molecule has 0 saturated carbocycles. The number of aromatic amines is 1. The number of rotatable bonds is 3. The Morgan fingerprint density at radius 3 is 2.55 bits per heavy atom. The van der Waals surface area contributed by atoms with Gasteiger partial charge in [-0.2, -0.15) is 0 Å². The van der Waals surface area contributed by atoms with Gasteiger partial charge in [-0.1, -0.05) is 23.2 Å². The van der Waals surface area contributed by atoms with Crippen LogP contribution in [0, 0.1) is 0 Å². The molecule has 29 heavy (non-hydrogen) atoms. The number of esters is 1. The molecule has 148 valence electrons. The SMILES string of the molecule is CCOC(=O)C1=CN(C(=O)c2ccc(Cl)cc2)CCc2c1[nH]c1ccc(Cl)cc21. The number of aromatic nitrogens is 1. The van der Waals surface area contributed by atoms with E-state index in [4.69, 9.17) is 27.9 Å². The normalized spacial score (nSPS) is 13.6. The Labute approximate surface area is 177 Å². The van der Waals surface area contributed by atoms with Crippen molar-refractivity contribution in [3.05, 3.63) is 75.5 Å². The molecule has 0 spiro atoms. The van der Waals surface area contributed by atoms with Crippen molar-refractivity contribution in [1.29, 1.82) is 0 Å². The molecule has 1 aliphatic rings. The van der Waals surface area contributed by atoms with Gasteiger partial charge in [0.1, 0.15) is 0 Å². The average Bonchev–Trinajstić information content (AvgIpc) is 2.94. The fourth-order valence-corrected chi connectivity index (χ4v) is 3.81. The number of benzene rings is 2. The summed E-state index contributed by atoms with van der Waals surface area (Å²) in [5, 5.41) is 2.10. The van der Waals surface area contributed by atoms with E-state index in [2.05, 4.69) is 4.98 Å². The lowest BCUT2D eigenvalue weighted by Gasteiger charge is -2.18. The van der Waals surface area contributed by atoms with Crippen LogP contribution in [0.1, 0.15) is 28.5 Å². The zero-order valence-corrected chi connectivity index (χ0v) is 17.2. The lowest BCUT2D eigenvalue weighted by Crippen LogP contribution is -2.28. The highest BCUT2D eigenvalue weighted by molar-refractivity contribution is 6.31. The van der Waals surface area contributed by atoms with Gasteiger partial charge >= 0.3 is 5.97 Å². The molecular formula is C22H18Cl2N2O3. The molecule has 4 rings (SSSR count). The third-order valence-corrected chi connectivity index (χ3v) is 5.36. The van der Waals surface area contributed by atoms with Gasteiger partial charge in [-0.15, -0.1) is 0 Å². The van der Waals surface area contributed by atoms with Gasteiger partial charge in [0.25, 0.3) is 5.91 Å². The van der Waals surface area contributed by atoms with Crippen LogP contribution in [0.15, 0.2) is 48.7 Å². The molecule has 0 aliphatic carbocycles. The van der Waals surface area contributed by atoms with E-state index in [-0.39, 0.29) is 12.5 Å². The van der Waals surface area contributed by atoms with Gasteiger partial charge in [-0.05, 0) is 61.4 Å². The lowest BCUT2D eigenvalue weighted by molar-refractivity contribution is -0.136. The molecule has 0 fully saturated rings. The van der Waals surface area contributed by atoms with Crippen LogP contribution in [-0.4, -0.2) is 34.9 Å². The van der Waals surface area contributed by atoms with Gasteiger partial charge in [-0.3, -0.25) is 4.79 Å². The first-order chi connectivity index (χ1) is 14.0. The molecule has 3 aromatic rings. The van der Waals surface area contributed by atoms with Crippen LogP contribution < -0.4 is 0 Å². The van der Waals surface area contributed by atoms with Crippen LogP contribution in [0.25, 0.3) is 16.5 Å². The third-order valence-electron chi connectivity index (χ3n) is 4.87. The maximum atomic E-state index is 13.0. The van der Waals surface area contributed by atoms with Crippen LogP contribution in [0.4, 0.5) is 0 Å². The van der Waals surface area contributed by atoms with Crippen LogP contribution in [-0.2, 0) is 16.0 Å². The van der Waals surface area contributed by atoms with Crippen molar-refractivity contribution < 1.29 is 14.3 Å². The second-order valence-corrected chi connectivity index (χ2v) is 7.56. The summed E-state index contributed by atoms with van der Waals surface area (Å²) in [6.07, 6.45) is 2.13. The first-order valence-electron chi connectivity index (χ1n) is 9.24. The summed E-state index contributed by atoms with van der Waals surface area (Å²) >= 11 is 12.1. The van der Waals surface area contributed by atoms with E-state index in [0.717, 1.165) is 16.5 Å². The van der Waals surface area contributed by atoms with Gasteiger partial charge in [0, 0.05) is 39.3 Å². The molecule has 1 amide bonds. The van der Waals surface area contributed by atoms with Gasteiger partial charge in [0.15, 0.2) is 0 Å². The lowest BCUT2D eigenvalue weighted by atomic mass is 10.0. The summed E-state index contributed by atoms with van der Waals surface area (Å²) in [6.45, 7) is 2.40. The largest absolute Gasteiger partial charge is 0.462 e. The van der Waals surface area contributed by atoms with Crippen LogP contribution >= 0.6 is 23.2 Å². The Morgan fingerprint density at radius 1 is 1.10 bits per heavy atom. The molecule has 0 unspecified atom stereocenters. The summed E-state index contributed by atoms with van der Waals surface area (Å²) in [5.74, 6) is -0.696. The predicted molar refractivity (Wildman–Crippen MR) is 114 cm³/mol. The van der Waals surface area contributed by atoms with Gasteiger partial charge in [0.2, 0.25) is 0 Å². The highest BCUT2D eigenvalue weighted by Crippen LogP contribution is 2.33. The summed E-state index contributed by atoms with van der Waals surface area (Å²) in [5.41, 5.74) is 3.29. The number of amides is 1. The third kappa shape index (κ3) is 3.76. The van der Waals surface area contributed by atoms with Crippen molar-refractivity contribution in [3.63, 3.8) is 0 Å². The van der Waals surface area contributed by atoms with Crippen molar-refractivity contribution in [2.75, 3.05) is 13.2 Å². The van der Waals surface area contributed by atoms with Crippen molar-refractivity contribution in [2.45, 2.75) is 13.3 Å². The van der Waals surface area contributed by atoms with Crippen LogP contribution in [0.2, 0.25) is 10.0 Å². The molecule has 1 aliphatic heterocycles. The van der Waals surface area contributed by atoms with Crippen molar-refractivity contribution >= 4 is 51.6 Å². The Hall–Kier alpha value is -2.76. The minimum Gasteiger partial charge on any atom is -0.462 e. The van der Waals surface area contributed by atoms with Crippen molar-refractivity contribution in [3.8, 4) is 0 Å². The Morgan fingerprint density at radius 2 is 1.83 bits per heavy atom. The second kappa shape index (κ2) is 7.93. The molecule has 0 atom stereocenters. The number of ether oxygens (including phenoxy) is 1. The minimum atomic E-state index is -0.484. The number of hydrogen-bond acceptors (Lipinski definition) is 3. The van der Waals surface area contributed by atoms with Crippen molar-refractivity contribution in [2.24, 2.45) is 0 Å². The van der Waals surface area contributed by atoms with E-state index in [1.165, 1.54) is 0 Å². The van der Waals surface area contributed by atoms with E-state index in [1.54, 1.807) is 48.4 Å². The highest BCUT2D eigenvalue weighted by Gasteiger charge is 2.27. The molecule has 5 nitrogen and oxygen atoms in total. The number of carbonyl (C=O) groups is 2. The monoisotopic (exact) mass is 428 g/mol. The van der Waals surface area contributed by atoms with Gasteiger partial charge in [-0.25, -0.2) is 4.79 Å². The topological polar surface area (TPSA) is 62.4 Å². The number of carbonyl (C=O) groups excluding carboxylic acids is 2. The minimum absolute atomic E-state index is 0.212. The number of nitrogens with one attached hydrogen (secondary N) is 1. The molecule has 0 bridgehead atoms. The number of fused-ring (bicyclic) bond motifs is 3. The fraction of sp³-hybridized carbons (Fsp3) is 0.182. The Bertz CT molecular complexity index is 1130. The Balaban J connectivity index is 1.80. The van der Waals surface area contributed by atoms with E-state index in [0.29, 0.717) is 39.8 Å². The van der Waals surface area contributed by atoms with E-state index < -0.39 is 5.97 Å². The second-order valence-electron chi connectivity index (χ2n) is 6.69. The summed E-state index contributed by atoms with van der Waals surface area (Å²) in [7, 11) is 0. The number of H-pyrrole nitrogens is 1. The standard InChI is InChI=1S/C22H18Cl2N2O3/c1-2-29-22(28)18-12-26(21(27)13-3-5-14(23)6-4-13)10-9-16-17-11-15(24)7-8-19(17)25-20(16)18/h3-8,11-12,25H,2,9-10H2,1H3. The maximum Gasteiger partial charge on any atom is 0.341 e. The molecule has 0 saturated heterocycles. The van der Waals surface area contributed by atoms with Crippen LogP contribution in [0.5, 0.6) is 0 Å². The molecule has 7 heteroatoms. The van der Waals surface area contributed by atoms with Crippen LogP contribution in [0.3, 0.4) is 0 Å². The molecule has 1 aromatic heterocycles. The molecule has 1 N–H and O–H groups in total. The maximum absolute atomic E-state index is 13.0. The average molecular weight is 429 g/mol. The molecular weight excluding hydrogens is 411 g/mol. The van der Waals surface area contributed by atoms with Gasteiger partial charge < -0.3 is 14.6 Å². The first-order valence-corrected chi connectivity index (χ1v) is 9.99. The Kier molecular flexibility index (Phi) is 5.35.